The highest BCUT2D eigenvalue weighted by Gasteiger charge is 2.41. The van der Waals surface area contributed by atoms with E-state index in [1.165, 1.54) is 20.8 Å². The summed E-state index contributed by atoms with van der Waals surface area (Å²) in [6.07, 6.45) is -0.525. The molecule has 0 fully saturated rings. The molecule has 0 bridgehead atoms. The Hall–Kier alpha value is -1.52. The SMILES string of the molecule is CC(=O)CC(CC(C)=O)(OC(C)=O)C(C)=O. The molecule has 0 radical (unpaired) electrons. The molecular weight excluding hydrogens is 212 g/mol. The van der Waals surface area contributed by atoms with Crippen LogP contribution in [0.3, 0.4) is 0 Å². The number of hydrogen-bond donors (Lipinski definition) is 0. The average Bonchev–Trinajstić information content (AvgIpc) is 1.98. The van der Waals surface area contributed by atoms with E-state index in [1.54, 1.807) is 0 Å². The van der Waals surface area contributed by atoms with Crippen LogP contribution in [0.25, 0.3) is 0 Å². The predicted octanol–water partition coefficient (Wildman–Crippen LogP) is 0.836. The molecule has 0 aromatic heterocycles. The lowest BCUT2D eigenvalue weighted by Gasteiger charge is -2.28. The summed E-state index contributed by atoms with van der Waals surface area (Å²) >= 11 is 0. The highest BCUT2D eigenvalue weighted by atomic mass is 16.6. The first-order valence-electron chi connectivity index (χ1n) is 4.89. The molecule has 0 unspecified atom stereocenters. The fourth-order valence-electron chi connectivity index (χ4n) is 1.53. The topological polar surface area (TPSA) is 77.5 Å². The van der Waals surface area contributed by atoms with E-state index in [-0.39, 0.29) is 24.4 Å². The molecule has 0 aromatic rings. The van der Waals surface area contributed by atoms with Gasteiger partial charge in [-0.25, -0.2) is 0 Å². The van der Waals surface area contributed by atoms with Crippen LogP contribution in [-0.2, 0) is 23.9 Å². The van der Waals surface area contributed by atoms with Crippen molar-refractivity contribution in [3.63, 3.8) is 0 Å². The quantitative estimate of drug-likeness (QED) is 0.629. The molecule has 0 amide bonds. The van der Waals surface area contributed by atoms with Crippen LogP contribution in [0, 0.1) is 0 Å². The van der Waals surface area contributed by atoms with E-state index in [0.29, 0.717) is 0 Å². The van der Waals surface area contributed by atoms with Gasteiger partial charge >= 0.3 is 5.97 Å². The standard InChI is InChI=1S/C11H16O5/c1-7(12)5-11(9(3)14,6-8(2)13)16-10(4)15/h5-6H2,1-4H3. The average molecular weight is 228 g/mol. The smallest absolute Gasteiger partial charge is 0.303 e. The van der Waals surface area contributed by atoms with Gasteiger partial charge in [0.2, 0.25) is 0 Å². The molecule has 0 aromatic carbocycles. The van der Waals surface area contributed by atoms with E-state index in [9.17, 15) is 19.2 Å². The summed E-state index contributed by atoms with van der Waals surface area (Å²) in [6, 6.07) is 0. The predicted molar refractivity (Wildman–Crippen MR) is 55.8 cm³/mol. The van der Waals surface area contributed by atoms with Gasteiger partial charge in [0.15, 0.2) is 11.4 Å². The van der Waals surface area contributed by atoms with Gasteiger partial charge in [-0.3, -0.25) is 19.2 Å². The van der Waals surface area contributed by atoms with Crippen molar-refractivity contribution in [3.05, 3.63) is 0 Å². The van der Waals surface area contributed by atoms with Crippen LogP contribution in [0.2, 0.25) is 0 Å². The van der Waals surface area contributed by atoms with Crippen molar-refractivity contribution in [1.82, 2.24) is 0 Å². The first-order chi connectivity index (χ1) is 7.19. The van der Waals surface area contributed by atoms with Gasteiger partial charge in [-0.2, -0.15) is 0 Å². The molecule has 0 rings (SSSR count). The summed E-state index contributed by atoms with van der Waals surface area (Å²) in [4.78, 5) is 44.6. The van der Waals surface area contributed by atoms with Crippen molar-refractivity contribution in [1.29, 1.82) is 0 Å². The maximum atomic E-state index is 11.5. The summed E-state index contributed by atoms with van der Waals surface area (Å²) in [7, 11) is 0. The van der Waals surface area contributed by atoms with E-state index in [1.807, 2.05) is 0 Å². The second-order valence-corrected chi connectivity index (χ2v) is 3.90. The van der Waals surface area contributed by atoms with Crippen LogP contribution >= 0.6 is 0 Å². The molecular formula is C11H16O5. The van der Waals surface area contributed by atoms with Crippen LogP contribution < -0.4 is 0 Å². The Kier molecular flexibility index (Phi) is 5.01. The van der Waals surface area contributed by atoms with Crippen LogP contribution in [0.1, 0.15) is 40.5 Å². The summed E-state index contributed by atoms with van der Waals surface area (Å²) in [6.45, 7) is 4.90. The lowest BCUT2D eigenvalue weighted by atomic mass is 9.87. The maximum Gasteiger partial charge on any atom is 0.303 e. The van der Waals surface area contributed by atoms with Crippen molar-refractivity contribution in [2.24, 2.45) is 0 Å². The normalized spacial score (nSPS) is 10.8. The molecule has 16 heavy (non-hydrogen) atoms. The Balaban J connectivity index is 5.19. The Morgan fingerprint density at radius 1 is 0.875 bits per heavy atom. The second-order valence-electron chi connectivity index (χ2n) is 3.90. The maximum absolute atomic E-state index is 11.5. The second kappa shape index (κ2) is 5.53. The molecule has 0 saturated carbocycles. The van der Waals surface area contributed by atoms with Gasteiger partial charge in [-0.15, -0.1) is 0 Å². The van der Waals surface area contributed by atoms with Crippen molar-refractivity contribution in [3.8, 4) is 0 Å². The minimum atomic E-state index is -1.62. The number of Topliss-reactive ketones (excluding diaryl/α,β-unsaturated/α-hetero) is 3. The Morgan fingerprint density at radius 3 is 1.44 bits per heavy atom. The number of esters is 1. The third kappa shape index (κ3) is 4.33. The molecule has 0 saturated heterocycles. The highest BCUT2D eigenvalue weighted by molar-refractivity contribution is 5.96. The Morgan fingerprint density at radius 2 is 1.25 bits per heavy atom. The molecule has 0 spiro atoms. The largest absolute Gasteiger partial charge is 0.450 e. The fourth-order valence-corrected chi connectivity index (χ4v) is 1.53. The van der Waals surface area contributed by atoms with Crippen molar-refractivity contribution < 1.29 is 23.9 Å². The molecule has 0 N–H and O–H groups in total. The van der Waals surface area contributed by atoms with Crippen LogP contribution in [0.5, 0.6) is 0 Å². The Labute approximate surface area is 94.1 Å². The van der Waals surface area contributed by atoms with Gasteiger partial charge in [0.05, 0.1) is 12.8 Å². The van der Waals surface area contributed by atoms with Gasteiger partial charge in [0, 0.05) is 6.92 Å². The van der Waals surface area contributed by atoms with Gasteiger partial charge in [0.1, 0.15) is 11.6 Å². The number of rotatable bonds is 6. The van der Waals surface area contributed by atoms with Crippen LogP contribution in [0.4, 0.5) is 0 Å². The van der Waals surface area contributed by atoms with E-state index >= 15 is 0 Å². The fraction of sp³-hybridized carbons (Fsp3) is 0.636. The zero-order valence-corrected chi connectivity index (χ0v) is 9.96. The third-order valence-corrected chi connectivity index (χ3v) is 2.05. The molecule has 5 nitrogen and oxygen atoms in total. The van der Waals surface area contributed by atoms with Crippen LogP contribution in [-0.4, -0.2) is 28.9 Å². The number of ether oxygens (including phenoxy) is 1. The zero-order chi connectivity index (χ0) is 12.9. The first kappa shape index (κ1) is 14.5. The molecule has 0 aliphatic carbocycles. The van der Waals surface area contributed by atoms with E-state index in [4.69, 9.17) is 4.74 Å². The molecule has 90 valence electrons. The lowest BCUT2D eigenvalue weighted by Crippen LogP contribution is -2.44. The highest BCUT2D eigenvalue weighted by Crippen LogP contribution is 2.23. The van der Waals surface area contributed by atoms with Gasteiger partial charge in [-0.05, 0) is 20.8 Å². The molecule has 0 aliphatic heterocycles. The zero-order valence-electron chi connectivity index (χ0n) is 9.96. The van der Waals surface area contributed by atoms with Crippen molar-refractivity contribution in [2.75, 3.05) is 0 Å². The monoisotopic (exact) mass is 228 g/mol. The summed E-state index contributed by atoms with van der Waals surface area (Å²) in [5.41, 5.74) is -1.62. The molecule has 5 heteroatoms. The number of ketones is 3. The van der Waals surface area contributed by atoms with Gasteiger partial charge in [0.25, 0.3) is 0 Å². The molecule has 0 atom stereocenters. The summed E-state index contributed by atoms with van der Waals surface area (Å²) < 4.78 is 4.89. The minimum Gasteiger partial charge on any atom is -0.450 e. The van der Waals surface area contributed by atoms with E-state index in [0.717, 1.165) is 6.92 Å². The summed E-state index contributed by atoms with van der Waals surface area (Å²) in [5, 5.41) is 0. The van der Waals surface area contributed by atoms with Gasteiger partial charge < -0.3 is 4.74 Å². The number of carbonyl (C=O) groups excluding carboxylic acids is 4. The third-order valence-electron chi connectivity index (χ3n) is 2.05. The molecule has 0 heterocycles. The summed E-state index contributed by atoms with van der Waals surface area (Å²) in [5.74, 6) is -1.79. The van der Waals surface area contributed by atoms with E-state index < -0.39 is 17.4 Å². The van der Waals surface area contributed by atoms with Crippen molar-refractivity contribution >= 4 is 23.3 Å². The molecule has 0 aliphatic rings. The van der Waals surface area contributed by atoms with Gasteiger partial charge in [-0.1, -0.05) is 0 Å². The Bertz CT molecular complexity index is 288. The lowest BCUT2D eigenvalue weighted by molar-refractivity contribution is -0.168. The van der Waals surface area contributed by atoms with E-state index in [2.05, 4.69) is 0 Å². The van der Waals surface area contributed by atoms with Crippen LogP contribution in [0.15, 0.2) is 0 Å². The first-order valence-corrected chi connectivity index (χ1v) is 4.89. The minimum absolute atomic E-state index is 0.262. The van der Waals surface area contributed by atoms with Crippen molar-refractivity contribution in [2.45, 2.75) is 46.1 Å². The number of hydrogen-bond acceptors (Lipinski definition) is 5. The number of carbonyl (C=O) groups is 4.